The highest BCUT2D eigenvalue weighted by atomic mass is 16.2. The average molecular weight is 269 g/mol. The van der Waals surface area contributed by atoms with Crippen molar-refractivity contribution in [1.29, 1.82) is 0 Å². The number of likely N-dealkylation sites (N-methyl/N-ethyl adjacent to an activating group) is 1. The highest BCUT2D eigenvalue weighted by molar-refractivity contribution is 5.80. The summed E-state index contributed by atoms with van der Waals surface area (Å²) >= 11 is 0. The maximum absolute atomic E-state index is 12.1. The summed E-state index contributed by atoms with van der Waals surface area (Å²) in [5.41, 5.74) is 0. The predicted octanol–water partition coefficient (Wildman–Crippen LogP) is -0.936. The Bertz CT molecular complexity index is 289. The van der Waals surface area contributed by atoms with Crippen LogP contribution in [0.5, 0.6) is 0 Å². The number of likely N-dealkylation sites (tertiary alicyclic amines) is 1. The van der Waals surface area contributed by atoms with Gasteiger partial charge in [-0.15, -0.1) is 0 Å². The fourth-order valence-corrected chi connectivity index (χ4v) is 3.61. The summed E-state index contributed by atoms with van der Waals surface area (Å²) in [6, 6.07) is 1.28. The summed E-state index contributed by atoms with van der Waals surface area (Å²) in [5.74, 6) is 0.239. The molecule has 0 aromatic rings. The normalized spacial score (nSPS) is 29.6. The van der Waals surface area contributed by atoms with Crippen LogP contribution in [0.3, 0.4) is 0 Å². The van der Waals surface area contributed by atoms with Crippen molar-refractivity contribution in [3.05, 3.63) is 0 Å². The third kappa shape index (κ3) is 4.18. The molecule has 4 heteroatoms. The molecular weight excluding hydrogens is 238 g/mol. The van der Waals surface area contributed by atoms with Gasteiger partial charge < -0.3 is 15.5 Å². The Morgan fingerprint density at radius 3 is 2.74 bits per heavy atom. The fourth-order valence-electron chi connectivity index (χ4n) is 3.61. The number of carbonyl (C=O) groups is 1. The molecule has 0 radical (unpaired) electrons. The van der Waals surface area contributed by atoms with Crippen molar-refractivity contribution < 1.29 is 15.0 Å². The maximum atomic E-state index is 12.1. The summed E-state index contributed by atoms with van der Waals surface area (Å²) in [4.78, 5) is 13.8. The van der Waals surface area contributed by atoms with Crippen LogP contribution < -0.4 is 15.5 Å². The van der Waals surface area contributed by atoms with Crippen LogP contribution >= 0.6 is 0 Å². The first-order chi connectivity index (χ1) is 9.20. The molecule has 1 aliphatic carbocycles. The summed E-state index contributed by atoms with van der Waals surface area (Å²) in [6.45, 7) is 7.95. The van der Waals surface area contributed by atoms with E-state index in [0.717, 1.165) is 12.6 Å². The minimum Gasteiger partial charge on any atom is -0.348 e. The number of nitrogens with one attached hydrogen (secondary N) is 2. The Balaban J connectivity index is 1.68. The number of hydrogen-bond donors (Lipinski definition) is 3. The van der Waals surface area contributed by atoms with Crippen molar-refractivity contribution in [3.8, 4) is 0 Å². The van der Waals surface area contributed by atoms with E-state index < -0.39 is 0 Å². The molecule has 4 N–H and O–H groups in total. The second kappa shape index (κ2) is 7.25. The lowest BCUT2D eigenvalue weighted by molar-refractivity contribution is -0.925. The van der Waals surface area contributed by atoms with Crippen LogP contribution in [-0.4, -0.2) is 43.7 Å². The van der Waals surface area contributed by atoms with Gasteiger partial charge in [0.15, 0.2) is 6.04 Å². The molecule has 1 saturated heterocycles. The molecule has 2 aliphatic rings. The Kier molecular flexibility index (Phi) is 5.64. The lowest BCUT2D eigenvalue weighted by Crippen LogP contribution is -3.16. The molecule has 0 aromatic carbocycles. The molecule has 1 amide bonds. The van der Waals surface area contributed by atoms with E-state index in [1.54, 1.807) is 4.90 Å². The largest absolute Gasteiger partial charge is 0.348 e. The molecule has 1 saturated carbocycles. The van der Waals surface area contributed by atoms with E-state index in [-0.39, 0.29) is 11.9 Å². The van der Waals surface area contributed by atoms with E-state index in [2.05, 4.69) is 17.6 Å². The molecule has 3 atom stereocenters. The van der Waals surface area contributed by atoms with E-state index in [0.29, 0.717) is 6.04 Å². The summed E-state index contributed by atoms with van der Waals surface area (Å²) in [6.07, 6.45) is 7.59. The third-order valence-corrected chi connectivity index (χ3v) is 4.97. The van der Waals surface area contributed by atoms with Crippen LogP contribution in [0, 0.1) is 0 Å². The third-order valence-electron chi connectivity index (χ3n) is 4.97. The molecule has 1 unspecified atom stereocenters. The number of nitrogens with two attached hydrogens (primary N) is 1. The van der Waals surface area contributed by atoms with Gasteiger partial charge in [-0.1, -0.05) is 12.8 Å². The Hall–Kier alpha value is -0.610. The van der Waals surface area contributed by atoms with Crippen LogP contribution in [0.25, 0.3) is 0 Å². The van der Waals surface area contributed by atoms with Crippen LogP contribution in [0.15, 0.2) is 0 Å². The zero-order chi connectivity index (χ0) is 13.7. The van der Waals surface area contributed by atoms with E-state index in [1.165, 1.54) is 51.6 Å². The average Bonchev–Trinajstić information content (AvgIpc) is 3.06. The van der Waals surface area contributed by atoms with Gasteiger partial charge in [-0.25, -0.2) is 0 Å². The standard InChI is InChI=1S/C15H29N3O/c1-3-18-10-6-9-14(18)11-16-12(2)15(19)17-13-7-4-5-8-13/h12-14,16H,3-11H2,1-2H3,(H,17,19)/p+2/t12-,14+/m0/s1. The van der Waals surface area contributed by atoms with E-state index in [1.807, 2.05) is 6.92 Å². The first-order valence-corrected chi connectivity index (χ1v) is 8.19. The van der Waals surface area contributed by atoms with E-state index in [4.69, 9.17) is 0 Å². The van der Waals surface area contributed by atoms with Crippen LogP contribution in [-0.2, 0) is 4.79 Å². The molecule has 4 nitrogen and oxygen atoms in total. The fraction of sp³-hybridized carbons (Fsp3) is 0.933. The van der Waals surface area contributed by atoms with Crippen molar-refractivity contribution in [1.82, 2.24) is 5.32 Å². The summed E-state index contributed by atoms with van der Waals surface area (Å²) in [7, 11) is 0. The topological polar surface area (TPSA) is 50.2 Å². The quantitative estimate of drug-likeness (QED) is 0.573. The van der Waals surface area contributed by atoms with Crippen LogP contribution in [0.1, 0.15) is 52.4 Å². The lowest BCUT2D eigenvalue weighted by atomic mass is 10.2. The molecule has 1 heterocycles. The van der Waals surface area contributed by atoms with Gasteiger partial charge >= 0.3 is 0 Å². The zero-order valence-corrected chi connectivity index (χ0v) is 12.6. The Morgan fingerprint density at radius 2 is 2.05 bits per heavy atom. The monoisotopic (exact) mass is 269 g/mol. The van der Waals surface area contributed by atoms with Crippen LogP contribution in [0.4, 0.5) is 0 Å². The number of rotatable bonds is 6. The lowest BCUT2D eigenvalue weighted by Gasteiger charge is -2.21. The predicted molar refractivity (Wildman–Crippen MR) is 76.0 cm³/mol. The van der Waals surface area contributed by atoms with Gasteiger partial charge in [-0.2, -0.15) is 0 Å². The van der Waals surface area contributed by atoms with Gasteiger partial charge in [0, 0.05) is 18.9 Å². The number of carbonyl (C=O) groups excluding carboxylic acids is 1. The molecule has 0 aromatic heterocycles. The Morgan fingerprint density at radius 1 is 1.32 bits per heavy atom. The second-order valence-corrected chi connectivity index (χ2v) is 6.35. The van der Waals surface area contributed by atoms with Crippen molar-refractivity contribution in [3.63, 3.8) is 0 Å². The van der Waals surface area contributed by atoms with E-state index in [9.17, 15) is 4.79 Å². The second-order valence-electron chi connectivity index (χ2n) is 6.35. The minimum atomic E-state index is 0.0688. The first-order valence-electron chi connectivity index (χ1n) is 8.19. The minimum absolute atomic E-state index is 0.0688. The molecule has 2 rings (SSSR count). The Labute approximate surface area is 117 Å². The zero-order valence-electron chi connectivity index (χ0n) is 12.6. The molecule has 19 heavy (non-hydrogen) atoms. The van der Waals surface area contributed by atoms with Crippen molar-refractivity contribution >= 4 is 5.91 Å². The van der Waals surface area contributed by atoms with Gasteiger partial charge in [-0.3, -0.25) is 4.79 Å². The number of quaternary nitrogens is 2. The molecule has 0 spiro atoms. The SMILES string of the molecule is CC[NH+]1CCC[C@@H]1C[NH2+][C@@H](C)C(=O)NC1CCCC1. The van der Waals surface area contributed by atoms with Gasteiger partial charge in [0.1, 0.15) is 12.6 Å². The molecule has 1 aliphatic heterocycles. The van der Waals surface area contributed by atoms with Crippen molar-refractivity contribution in [2.75, 3.05) is 19.6 Å². The molecule has 110 valence electrons. The maximum Gasteiger partial charge on any atom is 0.278 e. The number of hydrogen-bond acceptors (Lipinski definition) is 1. The summed E-state index contributed by atoms with van der Waals surface area (Å²) in [5, 5.41) is 5.45. The molecular formula is C15H31N3O+2. The summed E-state index contributed by atoms with van der Waals surface area (Å²) < 4.78 is 0. The van der Waals surface area contributed by atoms with Crippen molar-refractivity contribution in [2.45, 2.75) is 70.5 Å². The van der Waals surface area contributed by atoms with Gasteiger partial charge in [-0.05, 0) is 26.7 Å². The van der Waals surface area contributed by atoms with Crippen LogP contribution in [0.2, 0.25) is 0 Å². The molecule has 2 fully saturated rings. The van der Waals surface area contributed by atoms with Gasteiger partial charge in [0.2, 0.25) is 0 Å². The highest BCUT2D eigenvalue weighted by Crippen LogP contribution is 2.17. The first kappa shape index (κ1) is 14.8. The molecule has 0 bridgehead atoms. The number of amides is 1. The van der Waals surface area contributed by atoms with Gasteiger partial charge in [0.25, 0.3) is 5.91 Å². The highest BCUT2D eigenvalue weighted by Gasteiger charge is 2.30. The van der Waals surface area contributed by atoms with E-state index >= 15 is 0 Å². The van der Waals surface area contributed by atoms with Crippen molar-refractivity contribution in [2.24, 2.45) is 0 Å². The smallest absolute Gasteiger partial charge is 0.278 e. The van der Waals surface area contributed by atoms with Gasteiger partial charge in [0.05, 0.1) is 13.1 Å².